The van der Waals surface area contributed by atoms with Gasteiger partial charge in [0, 0.05) is 23.5 Å². The van der Waals surface area contributed by atoms with E-state index in [1.807, 2.05) is 29.6 Å². The molecule has 1 aromatic carbocycles. The number of primary amides is 1. The molecule has 0 aliphatic rings. The first-order valence-corrected chi connectivity index (χ1v) is 11.5. The summed E-state index contributed by atoms with van der Waals surface area (Å²) < 4.78 is 0. The fraction of sp³-hybridized carbons (Fsp3) is 0.391. The molecule has 1 heterocycles. The van der Waals surface area contributed by atoms with Crippen LogP contribution in [0.3, 0.4) is 0 Å². The zero-order valence-corrected chi connectivity index (χ0v) is 20.2. The van der Waals surface area contributed by atoms with Crippen LogP contribution in [0.5, 0.6) is 0 Å². The molecule has 0 radical (unpaired) electrons. The number of hydrogen-bond donors (Lipinski definition) is 9. The van der Waals surface area contributed by atoms with E-state index in [2.05, 4.69) is 15.6 Å². The number of fused-ring (bicyclic) bond motifs is 1. The molecule has 0 saturated carbocycles. The number of aromatic nitrogens is 1. The molecule has 11 N–H and O–H groups in total. The molecule has 0 bridgehead atoms. The molecule has 0 fully saturated rings. The molecule has 2 rings (SSSR count). The Morgan fingerprint density at radius 1 is 0.895 bits per heavy atom. The maximum atomic E-state index is 12.8. The van der Waals surface area contributed by atoms with Crippen LogP contribution < -0.4 is 27.4 Å². The molecule has 4 unspecified atom stereocenters. The number of benzene rings is 1. The predicted octanol–water partition coefficient (Wildman–Crippen LogP) is -2.69. The number of nitrogens with two attached hydrogens (primary N) is 2. The van der Waals surface area contributed by atoms with Crippen LogP contribution in [-0.2, 0) is 35.2 Å². The summed E-state index contributed by atoms with van der Waals surface area (Å²) in [5.41, 5.74) is 12.8. The maximum Gasteiger partial charge on any atom is 0.326 e. The van der Waals surface area contributed by atoms with Crippen LogP contribution in [-0.4, -0.2) is 86.6 Å². The normalized spacial score (nSPS) is 14.1. The Hall–Kier alpha value is -4.50. The van der Waals surface area contributed by atoms with Crippen LogP contribution in [0.2, 0.25) is 0 Å². The van der Waals surface area contributed by atoms with Crippen LogP contribution in [0.15, 0.2) is 30.5 Å². The smallest absolute Gasteiger partial charge is 0.326 e. The first kappa shape index (κ1) is 29.7. The highest BCUT2D eigenvalue weighted by Gasteiger charge is 2.31. The van der Waals surface area contributed by atoms with Gasteiger partial charge in [0.1, 0.15) is 18.1 Å². The van der Waals surface area contributed by atoms with Crippen molar-refractivity contribution in [3.8, 4) is 0 Å². The molecular weight excluding hydrogens is 504 g/mol. The van der Waals surface area contributed by atoms with Crippen molar-refractivity contribution >= 4 is 46.5 Å². The van der Waals surface area contributed by atoms with E-state index >= 15 is 0 Å². The molecule has 0 saturated heterocycles. The SMILES string of the molecule is NC(=O)CC(NC(=O)C(N)Cc1c[nH]c2ccccc12)C(=O)NC(CO)C(=O)NC(CCC(=O)O)C(=O)O. The van der Waals surface area contributed by atoms with Crippen molar-refractivity contribution in [2.75, 3.05) is 6.61 Å². The van der Waals surface area contributed by atoms with Crippen molar-refractivity contribution in [3.63, 3.8) is 0 Å². The molecule has 0 aliphatic heterocycles. The van der Waals surface area contributed by atoms with E-state index in [4.69, 9.17) is 16.6 Å². The third-order valence-corrected chi connectivity index (χ3v) is 5.57. The zero-order valence-electron chi connectivity index (χ0n) is 20.2. The molecule has 0 aliphatic carbocycles. The first-order valence-electron chi connectivity index (χ1n) is 11.5. The number of aromatic amines is 1. The number of amides is 4. The molecule has 4 amide bonds. The van der Waals surface area contributed by atoms with Crippen molar-refractivity contribution in [2.24, 2.45) is 11.5 Å². The Morgan fingerprint density at radius 2 is 1.50 bits per heavy atom. The van der Waals surface area contributed by atoms with Gasteiger partial charge in [0.15, 0.2) is 0 Å². The average molecular weight is 535 g/mol. The fourth-order valence-corrected chi connectivity index (χ4v) is 3.58. The summed E-state index contributed by atoms with van der Waals surface area (Å²) in [7, 11) is 0. The van der Waals surface area contributed by atoms with E-state index in [-0.39, 0.29) is 6.42 Å². The van der Waals surface area contributed by atoms with Crippen LogP contribution in [0, 0.1) is 0 Å². The van der Waals surface area contributed by atoms with E-state index in [9.17, 15) is 39.0 Å². The highest BCUT2D eigenvalue weighted by molar-refractivity contribution is 5.96. The molecule has 15 heteroatoms. The molecule has 4 atom stereocenters. The van der Waals surface area contributed by atoms with E-state index in [0.717, 1.165) is 16.5 Å². The second-order valence-corrected chi connectivity index (χ2v) is 8.48. The van der Waals surface area contributed by atoms with Gasteiger partial charge in [-0.25, -0.2) is 4.79 Å². The van der Waals surface area contributed by atoms with Gasteiger partial charge in [-0.3, -0.25) is 24.0 Å². The summed E-state index contributed by atoms with van der Waals surface area (Å²) in [6, 6.07) is 1.37. The summed E-state index contributed by atoms with van der Waals surface area (Å²) in [6.07, 6.45) is 0.121. The number of carbonyl (C=O) groups excluding carboxylic acids is 4. The Kier molecular flexibility index (Phi) is 10.7. The van der Waals surface area contributed by atoms with Gasteiger partial charge in [-0.1, -0.05) is 18.2 Å². The number of rotatable bonds is 15. The number of hydrogen-bond acceptors (Lipinski definition) is 8. The summed E-state index contributed by atoms with van der Waals surface area (Å²) >= 11 is 0. The quantitative estimate of drug-likeness (QED) is 0.114. The highest BCUT2D eigenvalue weighted by atomic mass is 16.4. The molecule has 0 spiro atoms. The van der Waals surface area contributed by atoms with Crippen LogP contribution in [0.1, 0.15) is 24.8 Å². The molecule has 38 heavy (non-hydrogen) atoms. The lowest BCUT2D eigenvalue weighted by Crippen LogP contribution is -2.58. The number of aliphatic carboxylic acids is 2. The number of para-hydroxylation sites is 1. The fourth-order valence-electron chi connectivity index (χ4n) is 3.58. The topological polar surface area (TPSA) is 267 Å². The minimum atomic E-state index is -1.68. The lowest BCUT2D eigenvalue weighted by atomic mass is 10.0. The summed E-state index contributed by atoms with van der Waals surface area (Å²) in [5, 5.41) is 34.8. The highest BCUT2D eigenvalue weighted by Crippen LogP contribution is 2.18. The van der Waals surface area contributed by atoms with Gasteiger partial charge in [0.2, 0.25) is 23.6 Å². The van der Waals surface area contributed by atoms with E-state index in [1.54, 1.807) is 6.20 Å². The van der Waals surface area contributed by atoms with Crippen molar-refractivity contribution in [1.29, 1.82) is 0 Å². The van der Waals surface area contributed by atoms with Crippen molar-refractivity contribution < 1.29 is 44.1 Å². The Bertz CT molecular complexity index is 1200. The summed E-state index contributed by atoms with van der Waals surface area (Å²) in [4.78, 5) is 74.5. The molecule has 1 aromatic heterocycles. The van der Waals surface area contributed by atoms with E-state index < -0.39 is 85.6 Å². The number of nitrogens with one attached hydrogen (secondary N) is 4. The lowest BCUT2D eigenvalue weighted by Gasteiger charge is -2.23. The van der Waals surface area contributed by atoms with Crippen molar-refractivity contribution in [2.45, 2.75) is 49.9 Å². The number of carbonyl (C=O) groups is 6. The minimum absolute atomic E-state index is 0.0926. The number of aliphatic hydroxyl groups is 1. The van der Waals surface area contributed by atoms with Crippen LogP contribution in [0.4, 0.5) is 0 Å². The zero-order chi connectivity index (χ0) is 28.4. The van der Waals surface area contributed by atoms with Crippen molar-refractivity contribution in [1.82, 2.24) is 20.9 Å². The standard InChI is InChI=1S/C23H30N6O9/c24-13(7-11-9-26-14-4-2-1-3-12(11)14)20(34)28-16(8-18(25)31)21(35)29-17(10-30)22(36)27-15(23(37)38)5-6-19(32)33/h1-4,9,13,15-17,26,30H,5-8,10,24H2,(H2,25,31)(H,27,36)(H,28,34)(H,29,35)(H,32,33)(H,37,38). The Balaban J connectivity index is 2.06. The number of H-pyrrole nitrogens is 1. The van der Waals surface area contributed by atoms with E-state index in [0.29, 0.717) is 0 Å². The molecule has 206 valence electrons. The van der Waals surface area contributed by atoms with Gasteiger partial charge >= 0.3 is 11.9 Å². The van der Waals surface area contributed by atoms with Gasteiger partial charge in [-0.2, -0.15) is 0 Å². The third kappa shape index (κ3) is 8.56. The van der Waals surface area contributed by atoms with Crippen molar-refractivity contribution in [3.05, 3.63) is 36.0 Å². The molecular formula is C23H30N6O9. The largest absolute Gasteiger partial charge is 0.481 e. The van der Waals surface area contributed by atoms with Gasteiger partial charge in [0.25, 0.3) is 0 Å². The van der Waals surface area contributed by atoms with Crippen LogP contribution in [0.25, 0.3) is 10.9 Å². The second kappa shape index (κ2) is 13.7. The molecule has 15 nitrogen and oxygen atoms in total. The average Bonchev–Trinajstić information content (AvgIpc) is 3.26. The lowest BCUT2D eigenvalue weighted by molar-refractivity contribution is -0.143. The van der Waals surface area contributed by atoms with E-state index in [1.165, 1.54) is 0 Å². The Morgan fingerprint density at radius 3 is 2.11 bits per heavy atom. The molecule has 2 aromatic rings. The number of aliphatic hydroxyl groups excluding tert-OH is 1. The monoisotopic (exact) mass is 534 g/mol. The van der Waals surface area contributed by atoms with Gasteiger partial charge in [-0.15, -0.1) is 0 Å². The Labute approximate surface area is 215 Å². The van der Waals surface area contributed by atoms with Gasteiger partial charge in [0.05, 0.1) is 19.1 Å². The predicted molar refractivity (Wildman–Crippen MR) is 131 cm³/mol. The first-order chi connectivity index (χ1) is 17.9. The number of carboxylic acid groups (broad SMARTS) is 2. The summed E-state index contributed by atoms with van der Waals surface area (Å²) in [5.74, 6) is -6.75. The summed E-state index contributed by atoms with van der Waals surface area (Å²) in [6.45, 7) is -0.972. The van der Waals surface area contributed by atoms with Gasteiger partial charge in [-0.05, 0) is 24.5 Å². The second-order valence-electron chi connectivity index (χ2n) is 8.48. The van der Waals surface area contributed by atoms with Gasteiger partial charge < -0.3 is 47.7 Å². The number of carboxylic acids is 2. The minimum Gasteiger partial charge on any atom is -0.481 e. The van der Waals surface area contributed by atoms with Crippen LogP contribution >= 0.6 is 0 Å². The maximum absolute atomic E-state index is 12.8. The third-order valence-electron chi connectivity index (χ3n) is 5.57.